The van der Waals surface area contributed by atoms with E-state index >= 15 is 0 Å². The Morgan fingerprint density at radius 3 is 2.82 bits per heavy atom. The van der Waals surface area contributed by atoms with Crippen LogP contribution in [0.2, 0.25) is 11.1 Å². The van der Waals surface area contributed by atoms with Crippen molar-refractivity contribution in [2.45, 2.75) is 23.6 Å². The molecule has 4 nitrogen and oxygen atoms in total. The maximum absolute atomic E-state index is 10.9. The summed E-state index contributed by atoms with van der Waals surface area (Å²) in [6.07, 6.45) is 0.708. The van der Waals surface area contributed by atoms with Crippen molar-refractivity contribution in [2.24, 2.45) is 0 Å². The van der Waals surface area contributed by atoms with E-state index in [1.54, 1.807) is 5.82 Å². The third-order valence-electron chi connectivity index (χ3n) is 1.69. The SMILES string of the molecule is COC(=O)C1CC[Se](C)(O)N1. The summed E-state index contributed by atoms with van der Waals surface area (Å²) in [6.45, 7) is 0. The fourth-order valence-electron chi connectivity index (χ4n) is 1.08. The Hall–Kier alpha value is -0.0905. The van der Waals surface area contributed by atoms with E-state index in [0.717, 1.165) is 5.32 Å². The maximum atomic E-state index is 10.9. The molecule has 1 heterocycles. The van der Waals surface area contributed by atoms with E-state index in [4.69, 9.17) is 0 Å². The van der Waals surface area contributed by atoms with Crippen LogP contribution in [0.25, 0.3) is 0 Å². The number of ether oxygens (including phenoxy) is 1. The second kappa shape index (κ2) is 3.11. The first-order chi connectivity index (χ1) is 5.05. The summed E-state index contributed by atoms with van der Waals surface area (Å²) in [5.41, 5.74) is 0. The molecule has 0 bridgehead atoms. The number of carbonyl (C=O) groups excluding carboxylic acids is 1. The molecule has 2 N–H and O–H groups in total. The Morgan fingerprint density at radius 1 is 1.82 bits per heavy atom. The minimum atomic E-state index is -2.40. The zero-order valence-electron chi connectivity index (χ0n) is 6.66. The van der Waals surface area contributed by atoms with Crippen LogP contribution in [0, 0.1) is 0 Å². The fourth-order valence-corrected chi connectivity index (χ4v) is 4.52. The normalized spacial score (nSPS) is 43.0. The van der Waals surface area contributed by atoms with Gasteiger partial charge in [-0.3, -0.25) is 0 Å². The Labute approximate surface area is 68.7 Å². The van der Waals surface area contributed by atoms with Crippen molar-refractivity contribution in [2.75, 3.05) is 7.11 Å². The summed E-state index contributed by atoms with van der Waals surface area (Å²) < 4.78 is 17.0. The molecule has 1 aliphatic rings. The summed E-state index contributed by atoms with van der Waals surface area (Å²) in [7, 11) is 1.36. The Bertz CT molecular complexity index is 171. The van der Waals surface area contributed by atoms with Crippen LogP contribution in [-0.2, 0) is 9.53 Å². The number of esters is 1. The number of rotatable bonds is 1. The zero-order chi connectivity index (χ0) is 8.48. The molecule has 11 heavy (non-hydrogen) atoms. The van der Waals surface area contributed by atoms with Gasteiger partial charge in [-0.2, -0.15) is 0 Å². The van der Waals surface area contributed by atoms with Crippen LogP contribution < -0.4 is 4.33 Å². The first-order valence-corrected chi connectivity index (χ1v) is 7.93. The molecule has 1 rings (SSSR count). The predicted molar refractivity (Wildman–Crippen MR) is 42.2 cm³/mol. The molecule has 2 unspecified atom stereocenters. The van der Waals surface area contributed by atoms with Crippen molar-refractivity contribution in [3.8, 4) is 0 Å². The molecule has 1 aliphatic heterocycles. The molecule has 1 saturated heterocycles. The van der Waals surface area contributed by atoms with Crippen molar-refractivity contribution >= 4 is 19.4 Å². The molecule has 0 aliphatic carbocycles. The molecule has 1 fully saturated rings. The Kier molecular flexibility index (Phi) is 2.54. The zero-order valence-corrected chi connectivity index (χ0v) is 8.38. The van der Waals surface area contributed by atoms with E-state index < -0.39 is 13.4 Å². The molecular formula is C6H13NO3Se. The second-order valence-electron chi connectivity index (χ2n) is 2.73. The summed E-state index contributed by atoms with van der Waals surface area (Å²) in [5, 5.41) is 0.746. The van der Waals surface area contributed by atoms with E-state index in [2.05, 4.69) is 9.07 Å². The van der Waals surface area contributed by atoms with Crippen LogP contribution in [0.4, 0.5) is 0 Å². The molecule has 0 saturated carbocycles. The van der Waals surface area contributed by atoms with Crippen molar-refractivity contribution in [3.05, 3.63) is 0 Å². The number of hydrogen-bond donors (Lipinski definition) is 2. The van der Waals surface area contributed by atoms with Gasteiger partial charge in [-0.1, -0.05) is 0 Å². The van der Waals surface area contributed by atoms with Crippen LogP contribution >= 0.6 is 0 Å². The molecule has 0 aromatic heterocycles. The molecular weight excluding hydrogens is 213 g/mol. The third-order valence-corrected chi connectivity index (χ3v) is 5.51. The summed E-state index contributed by atoms with van der Waals surface area (Å²) >= 11 is -2.40. The van der Waals surface area contributed by atoms with E-state index in [1.807, 2.05) is 0 Å². The van der Waals surface area contributed by atoms with Crippen LogP contribution in [0.15, 0.2) is 0 Å². The number of nitrogens with one attached hydrogen (secondary N) is 1. The van der Waals surface area contributed by atoms with Gasteiger partial charge in [0.1, 0.15) is 0 Å². The minimum absolute atomic E-state index is 0.264. The predicted octanol–water partition coefficient (Wildman–Crippen LogP) is -0.414. The molecule has 0 radical (unpaired) electrons. The second-order valence-corrected chi connectivity index (χ2v) is 8.44. The molecule has 5 heteroatoms. The van der Waals surface area contributed by atoms with Gasteiger partial charge in [0, 0.05) is 0 Å². The summed E-state index contributed by atoms with van der Waals surface area (Å²) in [5.74, 6) is 1.54. The van der Waals surface area contributed by atoms with Gasteiger partial charge in [-0.25, -0.2) is 0 Å². The Morgan fingerprint density at radius 2 is 2.45 bits per heavy atom. The van der Waals surface area contributed by atoms with Crippen LogP contribution in [0.3, 0.4) is 0 Å². The van der Waals surface area contributed by atoms with Crippen LogP contribution in [0.5, 0.6) is 0 Å². The molecule has 0 amide bonds. The first-order valence-electron chi connectivity index (χ1n) is 3.39. The number of hydrogen-bond acceptors (Lipinski definition) is 4. The monoisotopic (exact) mass is 227 g/mol. The summed E-state index contributed by atoms with van der Waals surface area (Å²) in [4.78, 5) is 10.9. The van der Waals surface area contributed by atoms with Crippen LogP contribution in [-0.4, -0.2) is 36.7 Å². The van der Waals surface area contributed by atoms with Crippen molar-refractivity contribution < 1.29 is 13.7 Å². The van der Waals surface area contributed by atoms with Gasteiger partial charge in [0.15, 0.2) is 0 Å². The van der Waals surface area contributed by atoms with Gasteiger partial charge in [0.2, 0.25) is 0 Å². The molecule has 2 atom stereocenters. The first kappa shape index (κ1) is 9.00. The quantitative estimate of drug-likeness (QED) is 0.471. The van der Waals surface area contributed by atoms with E-state index in [-0.39, 0.29) is 12.0 Å². The van der Waals surface area contributed by atoms with Gasteiger partial charge < -0.3 is 0 Å². The fraction of sp³-hybridized carbons (Fsp3) is 0.833. The molecule has 0 aromatic carbocycles. The van der Waals surface area contributed by atoms with Crippen molar-refractivity contribution in [1.29, 1.82) is 0 Å². The summed E-state index contributed by atoms with van der Waals surface area (Å²) in [6, 6.07) is -0.269. The number of carbonyl (C=O) groups is 1. The average Bonchev–Trinajstić information content (AvgIpc) is 2.29. The molecule has 0 aromatic rings. The molecule has 66 valence electrons. The van der Waals surface area contributed by atoms with Gasteiger partial charge in [0.05, 0.1) is 0 Å². The third kappa shape index (κ3) is 2.17. The standard InChI is InChI=1S/C6H13NO3Se/c1-10-6(8)5-3-4-11(2,9)7-5/h5,7,9H,3-4H2,1-2H3. The van der Waals surface area contributed by atoms with Gasteiger partial charge in [-0.05, 0) is 0 Å². The van der Waals surface area contributed by atoms with E-state index in [0.29, 0.717) is 6.42 Å². The average molecular weight is 226 g/mol. The van der Waals surface area contributed by atoms with E-state index in [9.17, 15) is 8.98 Å². The van der Waals surface area contributed by atoms with Gasteiger partial charge in [-0.15, -0.1) is 0 Å². The Balaban J connectivity index is 2.48. The van der Waals surface area contributed by atoms with Crippen LogP contribution in [0.1, 0.15) is 6.42 Å². The topological polar surface area (TPSA) is 58.6 Å². The van der Waals surface area contributed by atoms with Crippen molar-refractivity contribution in [1.82, 2.24) is 4.33 Å². The number of methoxy groups -OCH3 is 1. The van der Waals surface area contributed by atoms with Gasteiger partial charge >= 0.3 is 68.1 Å². The van der Waals surface area contributed by atoms with Gasteiger partial charge in [0.25, 0.3) is 0 Å². The van der Waals surface area contributed by atoms with E-state index in [1.165, 1.54) is 7.11 Å². The molecule has 0 spiro atoms. The van der Waals surface area contributed by atoms with Crippen molar-refractivity contribution in [3.63, 3.8) is 0 Å².